The van der Waals surface area contributed by atoms with E-state index in [-0.39, 0.29) is 6.42 Å². The molecule has 2 fully saturated rings. The number of carboxylic acids is 2. The minimum Gasteiger partial charge on any atom is -0.772 e. The van der Waals surface area contributed by atoms with E-state index >= 15 is 0 Å². The summed E-state index contributed by atoms with van der Waals surface area (Å²) < 4.78 is 21.8. The Morgan fingerprint density at radius 3 is 2.38 bits per heavy atom. The number of carboxylic acid groups (broad SMARTS) is 2. The molecule has 0 aromatic carbocycles. The Morgan fingerprint density at radius 1 is 1.44 bits per heavy atom. The molecule has 4 N–H and O–H groups in total. The van der Waals surface area contributed by atoms with Crippen molar-refractivity contribution < 1.29 is 28.6 Å². The van der Waals surface area contributed by atoms with Gasteiger partial charge >= 0.3 is 11.9 Å². The summed E-state index contributed by atoms with van der Waals surface area (Å²) in [6, 6.07) is 0. The molecule has 0 amide bonds. The molecule has 0 spiro atoms. The van der Waals surface area contributed by atoms with E-state index in [9.17, 15) is 18.4 Å². The Labute approximate surface area is 92.9 Å². The maximum Gasteiger partial charge on any atom is 0.324 e. The molecule has 2 unspecified atom stereocenters. The molecule has 7 nitrogen and oxygen atoms in total. The zero-order valence-corrected chi connectivity index (χ0v) is 8.85. The molecule has 0 aromatic rings. The summed E-state index contributed by atoms with van der Waals surface area (Å²) in [7, 11) is 0. The van der Waals surface area contributed by atoms with Gasteiger partial charge in [-0.25, -0.2) is 0 Å². The van der Waals surface area contributed by atoms with Crippen LogP contribution in [0, 0.1) is 17.8 Å². The fraction of sp³-hybridized carbons (Fsp3) is 0.750. The molecule has 6 atom stereocenters. The average molecular weight is 248 g/mol. The van der Waals surface area contributed by atoms with Crippen LogP contribution in [-0.4, -0.2) is 41.7 Å². The number of hydrogen-bond donors (Lipinski definition) is 3. The van der Waals surface area contributed by atoms with Gasteiger partial charge in [0.2, 0.25) is 0 Å². The van der Waals surface area contributed by atoms with Gasteiger partial charge in [0.1, 0.15) is 5.54 Å². The van der Waals surface area contributed by atoms with Gasteiger partial charge in [0.15, 0.2) is 0 Å². The number of carbonyl (C=O) groups is 2. The van der Waals surface area contributed by atoms with E-state index < -0.39 is 51.6 Å². The molecule has 0 heterocycles. The van der Waals surface area contributed by atoms with Crippen molar-refractivity contribution in [2.75, 3.05) is 0 Å². The first kappa shape index (κ1) is 11.5. The van der Waals surface area contributed by atoms with Crippen molar-refractivity contribution in [1.29, 1.82) is 0 Å². The van der Waals surface area contributed by atoms with Crippen molar-refractivity contribution in [3.05, 3.63) is 0 Å². The minimum absolute atomic E-state index is 0.211. The Kier molecular flexibility index (Phi) is 2.34. The minimum atomic E-state index is -2.49. The molecule has 0 radical (unpaired) electrons. The van der Waals surface area contributed by atoms with Crippen molar-refractivity contribution >= 4 is 23.0 Å². The first-order valence-electron chi connectivity index (χ1n) is 4.64. The van der Waals surface area contributed by atoms with Crippen molar-refractivity contribution in [2.45, 2.75) is 17.2 Å². The Balaban J connectivity index is 2.32. The lowest BCUT2D eigenvalue weighted by atomic mass is 9.91. The van der Waals surface area contributed by atoms with E-state index in [2.05, 4.69) is 0 Å². The van der Waals surface area contributed by atoms with Crippen LogP contribution in [0.2, 0.25) is 0 Å². The van der Waals surface area contributed by atoms with Crippen LogP contribution in [0.15, 0.2) is 0 Å². The number of fused-ring (bicyclic) bond motifs is 1. The largest absolute Gasteiger partial charge is 0.772 e. The number of nitrogens with two attached hydrogens (primary N) is 1. The van der Waals surface area contributed by atoms with Crippen LogP contribution in [0.1, 0.15) is 6.42 Å². The van der Waals surface area contributed by atoms with Crippen molar-refractivity contribution in [3.8, 4) is 0 Å². The van der Waals surface area contributed by atoms with Crippen molar-refractivity contribution in [1.82, 2.24) is 0 Å². The summed E-state index contributed by atoms with van der Waals surface area (Å²) in [5.41, 5.74) is 3.88. The summed E-state index contributed by atoms with van der Waals surface area (Å²) in [5, 5.41) is 16.8. The van der Waals surface area contributed by atoms with Gasteiger partial charge in [-0.05, 0) is 12.3 Å². The Hall–Kier alpha value is -0.990. The van der Waals surface area contributed by atoms with Gasteiger partial charge in [-0.15, -0.1) is 0 Å². The molecule has 2 rings (SSSR count). The van der Waals surface area contributed by atoms with Crippen molar-refractivity contribution in [3.63, 3.8) is 0 Å². The second-order valence-corrected chi connectivity index (χ2v) is 5.44. The van der Waals surface area contributed by atoms with Crippen LogP contribution in [0.5, 0.6) is 0 Å². The molecule has 90 valence electrons. The zero-order chi connectivity index (χ0) is 12.2. The van der Waals surface area contributed by atoms with E-state index in [1.54, 1.807) is 0 Å². The lowest BCUT2D eigenvalue weighted by molar-refractivity contribution is -0.145. The first-order chi connectivity index (χ1) is 7.30. The molecule has 16 heavy (non-hydrogen) atoms. The lowest BCUT2D eigenvalue weighted by Crippen LogP contribution is -2.51. The fourth-order valence-corrected chi connectivity index (χ4v) is 3.82. The van der Waals surface area contributed by atoms with Crippen LogP contribution >= 0.6 is 0 Å². The standard InChI is InChI=1S/C8H11NO6S/c9-8(7(12)13)1-2(16(14)15)3-4(5(3)8)6(10)11/h2-5H,1,9H2,(H,10,11)(H,12,13)(H,14,15)/p-1/t2?,3-,4+,5+,8-/m0/s1. The molecule has 8 heteroatoms. The predicted octanol–water partition coefficient (Wildman–Crippen LogP) is -1.63. The van der Waals surface area contributed by atoms with Crippen LogP contribution in [-0.2, 0) is 20.7 Å². The maximum absolute atomic E-state index is 11.0. The second kappa shape index (κ2) is 3.25. The van der Waals surface area contributed by atoms with Gasteiger partial charge in [0.25, 0.3) is 0 Å². The Bertz CT molecular complexity index is 398. The lowest BCUT2D eigenvalue weighted by Gasteiger charge is -2.25. The van der Waals surface area contributed by atoms with E-state index in [1.807, 2.05) is 0 Å². The van der Waals surface area contributed by atoms with Gasteiger partial charge in [0, 0.05) is 11.2 Å². The summed E-state index contributed by atoms with van der Waals surface area (Å²) >= 11 is -2.49. The number of hydrogen-bond acceptors (Lipinski definition) is 5. The highest BCUT2D eigenvalue weighted by molar-refractivity contribution is 7.79. The molecule has 2 aliphatic rings. The third kappa shape index (κ3) is 1.30. The van der Waals surface area contributed by atoms with Gasteiger partial charge in [-0.1, -0.05) is 11.1 Å². The van der Waals surface area contributed by atoms with Gasteiger partial charge in [0.05, 0.1) is 5.92 Å². The molecular formula is C8H10NO6S-. The highest BCUT2D eigenvalue weighted by Gasteiger charge is 2.74. The van der Waals surface area contributed by atoms with Gasteiger partial charge in [-0.3, -0.25) is 13.8 Å². The molecule has 0 aromatic heterocycles. The highest BCUT2D eigenvalue weighted by Crippen LogP contribution is 2.62. The summed E-state index contributed by atoms with van der Waals surface area (Å²) in [4.78, 5) is 21.8. The smallest absolute Gasteiger partial charge is 0.324 e. The zero-order valence-electron chi connectivity index (χ0n) is 8.03. The quantitative estimate of drug-likeness (QED) is 0.509. The van der Waals surface area contributed by atoms with Crippen LogP contribution in [0.4, 0.5) is 0 Å². The summed E-state index contributed by atoms with van der Waals surface area (Å²) in [6.07, 6.45) is -0.211. The fourth-order valence-electron chi connectivity index (χ4n) is 2.81. The van der Waals surface area contributed by atoms with E-state index in [0.717, 1.165) is 0 Å². The normalized spacial score (nSPS) is 47.1. The predicted molar refractivity (Wildman–Crippen MR) is 50.0 cm³/mol. The molecule has 0 aliphatic heterocycles. The van der Waals surface area contributed by atoms with E-state index in [1.165, 1.54) is 0 Å². The monoisotopic (exact) mass is 248 g/mol. The van der Waals surface area contributed by atoms with E-state index in [4.69, 9.17) is 15.9 Å². The van der Waals surface area contributed by atoms with Crippen LogP contribution < -0.4 is 5.73 Å². The molecular weight excluding hydrogens is 238 g/mol. The van der Waals surface area contributed by atoms with Crippen molar-refractivity contribution in [2.24, 2.45) is 23.5 Å². The van der Waals surface area contributed by atoms with Gasteiger partial charge < -0.3 is 20.5 Å². The maximum atomic E-state index is 11.0. The molecule has 2 aliphatic carbocycles. The van der Waals surface area contributed by atoms with Crippen LogP contribution in [0.3, 0.4) is 0 Å². The number of rotatable bonds is 3. The first-order valence-corrected chi connectivity index (χ1v) is 5.77. The SMILES string of the molecule is N[C@@]1(C(=O)O)CC(S(=O)[O-])[C@H]2[C@@H](C(=O)O)[C@@H]21. The summed E-state index contributed by atoms with van der Waals surface area (Å²) in [6.45, 7) is 0. The van der Waals surface area contributed by atoms with E-state index in [0.29, 0.717) is 0 Å². The topological polar surface area (TPSA) is 141 Å². The average Bonchev–Trinajstić information content (AvgIpc) is 2.81. The second-order valence-electron chi connectivity index (χ2n) is 4.32. The molecule has 2 saturated carbocycles. The van der Waals surface area contributed by atoms with Crippen LogP contribution in [0.25, 0.3) is 0 Å². The molecule has 0 saturated heterocycles. The highest BCUT2D eigenvalue weighted by atomic mass is 32.2. The summed E-state index contributed by atoms with van der Waals surface area (Å²) in [5.74, 6) is -4.89. The number of aliphatic carboxylic acids is 2. The third-order valence-corrected chi connectivity index (χ3v) is 4.54. The third-order valence-electron chi connectivity index (χ3n) is 3.57. The van der Waals surface area contributed by atoms with Gasteiger partial charge in [-0.2, -0.15) is 0 Å². The molecule has 0 bridgehead atoms. The Morgan fingerprint density at radius 2 is 2.00 bits per heavy atom.